The number of hydrogen-bond donors (Lipinski definition) is 2. The molecule has 0 bridgehead atoms. The molecule has 2 rings (SSSR count). The normalized spacial score (nSPS) is 23.2. The Morgan fingerprint density at radius 2 is 2.05 bits per heavy atom. The minimum atomic E-state index is -0.304. The van der Waals surface area contributed by atoms with Crippen LogP contribution in [0.15, 0.2) is 24.3 Å². The van der Waals surface area contributed by atoms with Gasteiger partial charge in [0.05, 0.1) is 0 Å². The number of piperidine rings is 1. The zero-order valence-corrected chi connectivity index (χ0v) is 11.3. The smallest absolute Gasteiger partial charge is 0.321 e. The molecule has 5 heteroatoms. The van der Waals surface area contributed by atoms with Crippen LogP contribution < -0.4 is 10.6 Å². The molecule has 1 fully saturated rings. The molecule has 2 atom stereocenters. The van der Waals surface area contributed by atoms with Crippen molar-refractivity contribution in [2.24, 2.45) is 5.92 Å². The number of benzene rings is 1. The number of likely N-dealkylation sites (tertiary alicyclic amines) is 1. The Hall–Kier alpha value is -1.62. The summed E-state index contributed by atoms with van der Waals surface area (Å²) < 4.78 is 12.8. The molecule has 2 N–H and O–H groups in total. The van der Waals surface area contributed by atoms with Crippen molar-refractivity contribution < 1.29 is 9.18 Å². The third-order valence-corrected chi connectivity index (χ3v) is 3.66. The van der Waals surface area contributed by atoms with E-state index in [2.05, 4.69) is 17.6 Å². The Balaban J connectivity index is 1.92. The molecule has 1 aromatic rings. The molecule has 0 radical (unpaired) electrons. The lowest BCUT2D eigenvalue weighted by molar-refractivity contribution is 0.163. The molecule has 1 heterocycles. The first-order chi connectivity index (χ1) is 9.10. The fraction of sp³-hybridized carbons (Fsp3) is 0.500. The Kier molecular flexibility index (Phi) is 4.37. The van der Waals surface area contributed by atoms with Crippen LogP contribution in [0.5, 0.6) is 0 Å². The van der Waals surface area contributed by atoms with Crippen molar-refractivity contribution >= 4 is 11.7 Å². The average molecular weight is 265 g/mol. The summed E-state index contributed by atoms with van der Waals surface area (Å²) in [4.78, 5) is 13.9. The van der Waals surface area contributed by atoms with E-state index in [1.807, 2.05) is 11.9 Å². The van der Waals surface area contributed by atoms with Crippen molar-refractivity contribution in [3.05, 3.63) is 30.1 Å². The van der Waals surface area contributed by atoms with Crippen LogP contribution in [0.4, 0.5) is 14.9 Å². The van der Waals surface area contributed by atoms with E-state index in [0.717, 1.165) is 19.5 Å². The van der Waals surface area contributed by atoms with Gasteiger partial charge < -0.3 is 15.5 Å². The minimum Gasteiger partial charge on any atom is -0.324 e. The highest BCUT2D eigenvalue weighted by Crippen LogP contribution is 2.18. The largest absolute Gasteiger partial charge is 0.324 e. The molecular formula is C14H20FN3O. The summed E-state index contributed by atoms with van der Waals surface area (Å²) in [6.45, 7) is 3.61. The van der Waals surface area contributed by atoms with Crippen LogP contribution in [0, 0.1) is 11.7 Å². The second-order valence-corrected chi connectivity index (χ2v) is 5.04. The van der Waals surface area contributed by atoms with E-state index in [1.165, 1.54) is 12.1 Å². The zero-order valence-electron chi connectivity index (χ0n) is 11.3. The number of anilines is 1. The second-order valence-electron chi connectivity index (χ2n) is 5.04. The molecule has 0 aromatic heterocycles. The number of nitrogens with one attached hydrogen (secondary N) is 2. The van der Waals surface area contributed by atoms with E-state index in [0.29, 0.717) is 17.6 Å². The highest BCUT2D eigenvalue weighted by Gasteiger charge is 2.27. The summed E-state index contributed by atoms with van der Waals surface area (Å²) in [6, 6.07) is 6.16. The summed E-state index contributed by atoms with van der Waals surface area (Å²) in [7, 11) is 1.95. The van der Waals surface area contributed by atoms with E-state index in [1.54, 1.807) is 12.1 Å². The lowest BCUT2D eigenvalue weighted by Crippen LogP contribution is -2.50. The highest BCUT2D eigenvalue weighted by molar-refractivity contribution is 5.89. The quantitative estimate of drug-likeness (QED) is 0.861. The number of halogens is 1. The van der Waals surface area contributed by atoms with Crippen LogP contribution >= 0.6 is 0 Å². The number of hydrogen-bond acceptors (Lipinski definition) is 2. The Bertz CT molecular complexity index is 435. The lowest BCUT2D eigenvalue weighted by Gasteiger charge is -2.36. The van der Waals surface area contributed by atoms with Gasteiger partial charge in [-0.1, -0.05) is 6.92 Å². The van der Waals surface area contributed by atoms with Crippen molar-refractivity contribution in [2.45, 2.75) is 19.4 Å². The molecule has 1 aliphatic heterocycles. The number of rotatable bonds is 2. The van der Waals surface area contributed by atoms with Gasteiger partial charge in [-0.2, -0.15) is 0 Å². The van der Waals surface area contributed by atoms with Gasteiger partial charge in [0.25, 0.3) is 0 Å². The van der Waals surface area contributed by atoms with Gasteiger partial charge in [0.2, 0.25) is 0 Å². The van der Waals surface area contributed by atoms with E-state index < -0.39 is 0 Å². The predicted octanol–water partition coefficient (Wildman–Crippen LogP) is 2.29. The van der Waals surface area contributed by atoms with E-state index in [9.17, 15) is 9.18 Å². The minimum absolute atomic E-state index is 0.118. The molecule has 4 nitrogen and oxygen atoms in total. The number of nitrogens with zero attached hydrogens (tertiary/aromatic N) is 1. The van der Waals surface area contributed by atoms with Crippen molar-refractivity contribution in [3.8, 4) is 0 Å². The van der Waals surface area contributed by atoms with Crippen molar-refractivity contribution in [2.75, 3.05) is 25.5 Å². The number of carbonyl (C=O) groups excluding carboxylic acids is 1. The van der Waals surface area contributed by atoms with Crippen LogP contribution in [-0.2, 0) is 0 Å². The van der Waals surface area contributed by atoms with Gasteiger partial charge in [0.1, 0.15) is 5.82 Å². The van der Waals surface area contributed by atoms with E-state index >= 15 is 0 Å². The first-order valence-electron chi connectivity index (χ1n) is 6.59. The maximum Gasteiger partial charge on any atom is 0.321 e. The molecule has 0 spiro atoms. The summed E-state index contributed by atoms with van der Waals surface area (Å²) in [6.07, 6.45) is 0.953. The fourth-order valence-corrected chi connectivity index (χ4v) is 2.49. The first kappa shape index (κ1) is 13.8. The zero-order chi connectivity index (χ0) is 13.8. The summed E-state index contributed by atoms with van der Waals surface area (Å²) in [5.41, 5.74) is 0.620. The van der Waals surface area contributed by atoms with Gasteiger partial charge in [0.15, 0.2) is 0 Å². The van der Waals surface area contributed by atoms with E-state index in [4.69, 9.17) is 0 Å². The van der Waals surface area contributed by atoms with Gasteiger partial charge in [0, 0.05) is 24.8 Å². The summed E-state index contributed by atoms with van der Waals surface area (Å²) in [5.74, 6) is 0.124. The fourth-order valence-electron chi connectivity index (χ4n) is 2.49. The Labute approximate surface area is 113 Å². The van der Waals surface area contributed by atoms with Crippen molar-refractivity contribution in [1.29, 1.82) is 0 Å². The topological polar surface area (TPSA) is 44.4 Å². The van der Waals surface area contributed by atoms with Gasteiger partial charge in [-0.15, -0.1) is 0 Å². The SMILES string of the molecule is CNC1CCN(C(=O)Nc2ccc(F)cc2)CC1C. The molecule has 19 heavy (non-hydrogen) atoms. The maximum atomic E-state index is 12.8. The van der Waals surface area contributed by atoms with Crippen molar-refractivity contribution in [3.63, 3.8) is 0 Å². The molecule has 2 amide bonds. The third-order valence-electron chi connectivity index (χ3n) is 3.66. The average Bonchev–Trinajstić information content (AvgIpc) is 2.41. The van der Waals surface area contributed by atoms with Gasteiger partial charge in [-0.3, -0.25) is 0 Å². The molecule has 0 aliphatic carbocycles. The molecule has 1 saturated heterocycles. The van der Waals surface area contributed by atoms with Crippen LogP contribution in [-0.4, -0.2) is 37.1 Å². The van der Waals surface area contributed by atoms with Crippen LogP contribution in [0.3, 0.4) is 0 Å². The van der Waals surface area contributed by atoms with Crippen LogP contribution in [0.2, 0.25) is 0 Å². The standard InChI is InChI=1S/C14H20FN3O/c1-10-9-18(8-7-13(10)16-2)14(19)17-12-5-3-11(15)4-6-12/h3-6,10,13,16H,7-9H2,1-2H3,(H,17,19). The highest BCUT2D eigenvalue weighted by atomic mass is 19.1. The molecular weight excluding hydrogens is 245 g/mol. The number of urea groups is 1. The summed E-state index contributed by atoms with van der Waals surface area (Å²) >= 11 is 0. The first-order valence-corrected chi connectivity index (χ1v) is 6.59. The molecule has 1 aliphatic rings. The third kappa shape index (κ3) is 3.44. The predicted molar refractivity (Wildman–Crippen MR) is 73.6 cm³/mol. The Morgan fingerprint density at radius 1 is 1.37 bits per heavy atom. The van der Waals surface area contributed by atoms with E-state index in [-0.39, 0.29) is 11.8 Å². The van der Waals surface area contributed by atoms with Crippen LogP contribution in [0.1, 0.15) is 13.3 Å². The maximum absolute atomic E-state index is 12.8. The van der Waals surface area contributed by atoms with Gasteiger partial charge in [-0.25, -0.2) is 9.18 Å². The molecule has 0 saturated carbocycles. The summed E-state index contributed by atoms with van der Waals surface area (Å²) in [5, 5.41) is 6.06. The number of amides is 2. The molecule has 2 unspecified atom stereocenters. The second kappa shape index (κ2) is 6.02. The lowest BCUT2D eigenvalue weighted by atomic mass is 9.94. The molecule has 104 valence electrons. The van der Waals surface area contributed by atoms with Gasteiger partial charge in [-0.05, 0) is 43.7 Å². The monoisotopic (exact) mass is 265 g/mol. The number of carbonyl (C=O) groups is 1. The Morgan fingerprint density at radius 3 is 2.63 bits per heavy atom. The van der Waals surface area contributed by atoms with Crippen LogP contribution in [0.25, 0.3) is 0 Å². The van der Waals surface area contributed by atoms with Crippen molar-refractivity contribution in [1.82, 2.24) is 10.2 Å². The molecule has 1 aromatic carbocycles. The van der Waals surface area contributed by atoms with Gasteiger partial charge >= 0.3 is 6.03 Å².